The second kappa shape index (κ2) is 5.73. The van der Waals surface area contributed by atoms with E-state index in [-0.39, 0.29) is 18.2 Å². The maximum atomic E-state index is 12.5. The quantitative estimate of drug-likeness (QED) is 0.772. The minimum absolute atomic E-state index is 0.0616. The number of benzene rings is 2. The van der Waals surface area contributed by atoms with Gasteiger partial charge in [0.05, 0.1) is 17.5 Å². The smallest absolute Gasteiger partial charge is 0.250 e. The molecule has 2 heterocycles. The van der Waals surface area contributed by atoms with Gasteiger partial charge < -0.3 is 5.32 Å². The Kier molecular flexibility index (Phi) is 3.53. The number of carbonyl (C=O) groups excluding carboxylic acids is 2. The third kappa shape index (κ3) is 2.65. The summed E-state index contributed by atoms with van der Waals surface area (Å²) in [6.45, 7) is 4.02. The Labute approximate surface area is 144 Å². The van der Waals surface area contributed by atoms with Crippen LogP contribution < -0.4 is 10.6 Å². The number of aromatic nitrogens is 2. The van der Waals surface area contributed by atoms with E-state index >= 15 is 0 Å². The number of hydrogen-bond acceptors (Lipinski definition) is 3. The second-order valence-corrected chi connectivity index (χ2v) is 6.35. The number of nitrogens with zero attached hydrogens (tertiary/aromatic N) is 2. The van der Waals surface area contributed by atoms with Gasteiger partial charge in [0, 0.05) is 5.69 Å². The van der Waals surface area contributed by atoms with Crippen LogP contribution in [-0.2, 0) is 9.59 Å². The van der Waals surface area contributed by atoms with E-state index in [2.05, 4.69) is 15.6 Å². The molecule has 6 heteroatoms. The summed E-state index contributed by atoms with van der Waals surface area (Å²) >= 11 is 0. The maximum Gasteiger partial charge on any atom is 0.250 e. The molecular formula is C19H18N4O2. The van der Waals surface area contributed by atoms with Crippen LogP contribution in [-0.4, -0.2) is 21.4 Å². The Hall–Kier alpha value is -3.15. The molecule has 3 aromatic rings. The van der Waals surface area contributed by atoms with Crippen LogP contribution in [0.4, 0.5) is 11.6 Å². The fourth-order valence-corrected chi connectivity index (χ4v) is 3.15. The number of para-hydroxylation sites is 2. The summed E-state index contributed by atoms with van der Waals surface area (Å²) in [5.41, 5.74) is 4.67. The monoisotopic (exact) mass is 334 g/mol. The van der Waals surface area contributed by atoms with Crippen molar-refractivity contribution in [1.29, 1.82) is 0 Å². The van der Waals surface area contributed by atoms with Gasteiger partial charge in [0.2, 0.25) is 17.8 Å². The van der Waals surface area contributed by atoms with Crippen LogP contribution in [0.5, 0.6) is 0 Å². The van der Waals surface area contributed by atoms with Gasteiger partial charge in [0.1, 0.15) is 6.04 Å². The van der Waals surface area contributed by atoms with Gasteiger partial charge in [-0.1, -0.05) is 18.2 Å². The lowest BCUT2D eigenvalue weighted by molar-refractivity contribution is -0.123. The number of nitrogens with one attached hydrogen (secondary N) is 2. The van der Waals surface area contributed by atoms with Crippen LogP contribution in [0.2, 0.25) is 0 Å². The standard InChI is InChI=1S/C19H18N4O2/c1-11-7-8-13(9-12(11)2)20-17(24)10-16-18(25)22-19-21-14-5-3-4-6-15(14)23(16)19/h3-9,16H,10H2,1-2H3,(H,20,24)(H,21,22,25). The van der Waals surface area contributed by atoms with Crippen LogP contribution in [0.3, 0.4) is 0 Å². The molecule has 2 N–H and O–H groups in total. The summed E-state index contributed by atoms with van der Waals surface area (Å²) < 4.78 is 1.80. The average molecular weight is 334 g/mol. The summed E-state index contributed by atoms with van der Waals surface area (Å²) in [6, 6.07) is 12.8. The third-order valence-corrected chi connectivity index (χ3v) is 4.61. The number of hydrogen-bond donors (Lipinski definition) is 2. The lowest BCUT2D eigenvalue weighted by Gasteiger charge is -2.12. The average Bonchev–Trinajstić information content (AvgIpc) is 3.07. The van der Waals surface area contributed by atoms with Gasteiger partial charge in [-0.25, -0.2) is 4.98 Å². The normalized spacial score (nSPS) is 15.9. The zero-order valence-electron chi connectivity index (χ0n) is 14.0. The van der Waals surface area contributed by atoms with E-state index in [4.69, 9.17) is 0 Å². The number of fused-ring (bicyclic) bond motifs is 3. The number of anilines is 2. The molecule has 1 aromatic heterocycles. The lowest BCUT2D eigenvalue weighted by Crippen LogP contribution is -2.23. The molecule has 0 fully saturated rings. The highest BCUT2D eigenvalue weighted by atomic mass is 16.2. The van der Waals surface area contributed by atoms with Gasteiger partial charge in [-0.3, -0.25) is 19.5 Å². The molecule has 0 bridgehead atoms. The van der Waals surface area contributed by atoms with E-state index in [1.54, 1.807) is 4.57 Å². The van der Waals surface area contributed by atoms with Crippen molar-refractivity contribution in [3.05, 3.63) is 53.6 Å². The fraction of sp³-hybridized carbons (Fsp3) is 0.211. The van der Waals surface area contributed by atoms with Gasteiger partial charge in [-0.15, -0.1) is 0 Å². The highest BCUT2D eigenvalue weighted by Crippen LogP contribution is 2.32. The topological polar surface area (TPSA) is 76.0 Å². The van der Waals surface area contributed by atoms with Crippen molar-refractivity contribution in [2.75, 3.05) is 10.6 Å². The number of amides is 2. The van der Waals surface area contributed by atoms with Crippen LogP contribution in [0.25, 0.3) is 11.0 Å². The predicted octanol–water partition coefficient (Wildman–Crippen LogP) is 3.18. The van der Waals surface area contributed by atoms with Crippen molar-refractivity contribution in [3.63, 3.8) is 0 Å². The van der Waals surface area contributed by atoms with E-state index in [0.29, 0.717) is 5.95 Å². The second-order valence-electron chi connectivity index (χ2n) is 6.35. The minimum atomic E-state index is -0.589. The molecule has 1 aliphatic rings. The van der Waals surface area contributed by atoms with Crippen molar-refractivity contribution in [2.24, 2.45) is 0 Å². The van der Waals surface area contributed by atoms with Gasteiger partial charge in [-0.05, 0) is 49.2 Å². The Morgan fingerprint density at radius 1 is 1.20 bits per heavy atom. The molecule has 1 atom stereocenters. The zero-order chi connectivity index (χ0) is 17.6. The van der Waals surface area contributed by atoms with E-state index in [0.717, 1.165) is 22.3 Å². The predicted molar refractivity (Wildman–Crippen MR) is 96.6 cm³/mol. The first-order valence-corrected chi connectivity index (χ1v) is 8.18. The van der Waals surface area contributed by atoms with Crippen molar-refractivity contribution in [2.45, 2.75) is 26.3 Å². The van der Waals surface area contributed by atoms with Crippen LogP contribution in [0.1, 0.15) is 23.6 Å². The largest absolute Gasteiger partial charge is 0.326 e. The van der Waals surface area contributed by atoms with Crippen LogP contribution in [0, 0.1) is 13.8 Å². The number of carbonyl (C=O) groups is 2. The first-order chi connectivity index (χ1) is 12.0. The van der Waals surface area contributed by atoms with Crippen LogP contribution in [0.15, 0.2) is 42.5 Å². The Balaban J connectivity index is 1.57. The molecule has 25 heavy (non-hydrogen) atoms. The molecule has 1 unspecified atom stereocenters. The Morgan fingerprint density at radius 2 is 2.00 bits per heavy atom. The first-order valence-electron chi connectivity index (χ1n) is 8.18. The molecule has 6 nitrogen and oxygen atoms in total. The molecule has 0 radical (unpaired) electrons. The lowest BCUT2D eigenvalue weighted by atomic mass is 10.1. The molecule has 0 saturated heterocycles. The van der Waals surface area contributed by atoms with Crippen molar-refractivity contribution in [1.82, 2.24) is 9.55 Å². The SMILES string of the molecule is Cc1ccc(NC(=O)CC2C(=O)Nc3nc4ccccc4n32)cc1C. The summed E-state index contributed by atoms with van der Waals surface area (Å²) in [4.78, 5) is 29.1. The molecule has 126 valence electrons. The fourth-order valence-electron chi connectivity index (χ4n) is 3.15. The summed E-state index contributed by atoms with van der Waals surface area (Å²) in [6.07, 6.45) is 0.0616. The molecule has 4 rings (SSSR count). The minimum Gasteiger partial charge on any atom is -0.326 e. The maximum absolute atomic E-state index is 12.5. The summed E-state index contributed by atoms with van der Waals surface area (Å²) in [5, 5.41) is 5.63. The third-order valence-electron chi connectivity index (χ3n) is 4.61. The summed E-state index contributed by atoms with van der Waals surface area (Å²) in [5.74, 6) is 0.0905. The van der Waals surface area contributed by atoms with Crippen molar-refractivity contribution < 1.29 is 9.59 Å². The molecular weight excluding hydrogens is 316 g/mol. The van der Waals surface area contributed by atoms with E-state index in [1.165, 1.54) is 5.56 Å². The van der Waals surface area contributed by atoms with E-state index in [1.807, 2.05) is 56.3 Å². The van der Waals surface area contributed by atoms with E-state index < -0.39 is 6.04 Å². The molecule has 1 aliphatic heterocycles. The Bertz CT molecular complexity index is 1010. The van der Waals surface area contributed by atoms with Crippen molar-refractivity contribution in [3.8, 4) is 0 Å². The zero-order valence-corrected chi connectivity index (χ0v) is 14.0. The molecule has 2 amide bonds. The van der Waals surface area contributed by atoms with Gasteiger partial charge in [0.15, 0.2) is 0 Å². The van der Waals surface area contributed by atoms with Gasteiger partial charge >= 0.3 is 0 Å². The molecule has 0 spiro atoms. The summed E-state index contributed by atoms with van der Waals surface area (Å²) in [7, 11) is 0. The highest BCUT2D eigenvalue weighted by Gasteiger charge is 2.34. The van der Waals surface area contributed by atoms with Gasteiger partial charge in [-0.2, -0.15) is 0 Å². The molecule has 0 saturated carbocycles. The first kappa shape index (κ1) is 15.4. The number of aryl methyl sites for hydroxylation is 2. The molecule has 2 aromatic carbocycles. The van der Waals surface area contributed by atoms with E-state index in [9.17, 15) is 9.59 Å². The number of rotatable bonds is 3. The Morgan fingerprint density at radius 3 is 2.80 bits per heavy atom. The highest BCUT2D eigenvalue weighted by molar-refractivity contribution is 6.03. The number of imidazole rings is 1. The van der Waals surface area contributed by atoms with Crippen LogP contribution >= 0.6 is 0 Å². The van der Waals surface area contributed by atoms with Crippen molar-refractivity contribution >= 4 is 34.5 Å². The van der Waals surface area contributed by atoms with Gasteiger partial charge in [0.25, 0.3) is 0 Å². The molecule has 0 aliphatic carbocycles.